The summed E-state index contributed by atoms with van der Waals surface area (Å²) in [7, 11) is 0. The van der Waals surface area contributed by atoms with Gasteiger partial charge in [-0.2, -0.15) is 5.10 Å². The number of carbonyl (C=O) groups is 2. The molecule has 1 aromatic carbocycles. The van der Waals surface area contributed by atoms with Crippen LogP contribution in [0, 0.1) is 11.8 Å². The summed E-state index contributed by atoms with van der Waals surface area (Å²) in [6.45, 7) is 0. The van der Waals surface area contributed by atoms with Gasteiger partial charge in [0, 0.05) is 24.0 Å². The highest BCUT2D eigenvalue weighted by atomic mass is 16.5. The number of nitrogens with zero attached hydrogens (tertiary/aromatic N) is 2. The summed E-state index contributed by atoms with van der Waals surface area (Å²) in [5.74, 6) is -1.87. The highest BCUT2D eigenvalue weighted by molar-refractivity contribution is 6.04. The Morgan fingerprint density at radius 2 is 2.00 bits per heavy atom. The van der Waals surface area contributed by atoms with Crippen molar-refractivity contribution in [2.45, 2.75) is 25.7 Å². The first kappa shape index (κ1) is 16.9. The molecule has 3 rings (SSSR count). The van der Waals surface area contributed by atoms with Crippen molar-refractivity contribution in [3.63, 3.8) is 0 Å². The van der Waals surface area contributed by atoms with Crippen LogP contribution in [0.1, 0.15) is 25.7 Å². The number of amides is 1. The molecule has 7 nitrogen and oxygen atoms in total. The zero-order chi connectivity index (χ0) is 17.6. The van der Waals surface area contributed by atoms with Crippen molar-refractivity contribution in [1.29, 1.82) is 0 Å². The molecule has 1 aromatic heterocycles. The molecule has 25 heavy (non-hydrogen) atoms. The first-order valence-electron chi connectivity index (χ1n) is 8.23. The van der Waals surface area contributed by atoms with Crippen LogP contribution in [0.4, 0.5) is 5.69 Å². The number of carboxylic acid groups (broad SMARTS) is 1. The van der Waals surface area contributed by atoms with E-state index in [4.69, 9.17) is 4.74 Å². The second-order valence-corrected chi connectivity index (χ2v) is 6.04. The van der Waals surface area contributed by atoms with E-state index in [1.165, 1.54) is 0 Å². The van der Waals surface area contributed by atoms with Crippen LogP contribution in [0.15, 0.2) is 42.6 Å². The van der Waals surface area contributed by atoms with Crippen LogP contribution >= 0.6 is 0 Å². The van der Waals surface area contributed by atoms with Crippen molar-refractivity contribution in [3.8, 4) is 11.6 Å². The summed E-state index contributed by atoms with van der Waals surface area (Å²) in [5, 5.41) is 19.7. The molecule has 0 radical (unpaired) electrons. The van der Waals surface area contributed by atoms with E-state index in [0.717, 1.165) is 25.7 Å². The average molecular weight is 341 g/mol. The van der Waals surface area contributed by atoms with E-state index in [2.05, 4.69) is 15.5 Å². The molecule has 2 aromatic rings. The van der Waals surface area contributed by atoms with Gasteiger partial charge < -0.3 is 15.2 Å². The van der Waals surface area contributed by atoms with Crippen molar-refractivity contribution in [2.24, 2.45) is 11.8 Å². The number of aromatic nitrogens is 2. The first-order valence-corrected chi connectivity index (χ1v) is 8.23. The van der Waals surface area contributed by atoms with Gasteiger partial charge in [0.2, 0.25) is 11.8 Å². The van der Waals surface area contributed by atoms with Crippen LogP contribution in [0.5, 0.6) is 11.6 Å². The molecular formula is C18H19N3O4. The fourth-order valence-electron chi connectivity index (χ4n) is 3.14. The maximum absolute atomic E-state index is 12.5. The highest BCUT2D eigenvalue weighted by Crippen LogP contribution is 2.32. The fraction of sp³-hybridized carbons (Fsp3) is 0.333. The molecule has 1 aliphatic carbocycles. The Kier molecular flexibility index (Phi) is 5.23. The summed E-state index contributed by atoms with van der Waals surface area (Å²) in [5.41, 5.74) is 0.482. The topological polar surface area (TPSA) is 101 Å². The van der Waals surface area contributed by atoms with Crippen LogP contribution in [0.3, 0.4) is 0 Å². The Morgan fingerprint density at radius 3 is 2.68 bits per heavy atom. The van der Waals surface area contributed by atoms with E-state index >= 15 is 0 Å². The van der Waals surface area contributed by atoms with Gasteiger partial charge in [0.1, 0.15) is 11.7 Å². The second-order valence-electron chi connectivity index (χ2n) is 6.04. The molecule has 0 saturated heterocycles. The highest BCUT2D eigenvalue weighted by Gasteiger charge is 2.36. The lowest BCUT2D eigenvalue weighted by Crippen LogP contribution is -2.34. The molecule has 1 atom stereocenters. The van der Waals surface area contributed by atoms with E-state index in [1.807, 2.05) is 0 Å². The monoisotopic (exact) mass is 341 g/mol. The molecule has 0 spiro atoms. The van der Waals surface area contributed by atoms with Crippen LogP contribution < -0.4 is 10.1 Å². The summed E-state index contributed by atoms with van der Waals surface area (Å²) < 4.78 is 5.57. The SMILES string of the molecule is O=C(O)C(C(=O)Nc1cccc(Oc2cccnn2)c1)C1CCCC1. The van der Waals surface area contributed by atoms with Crippen molar-refractivity contribution in [1.82, 2.24) is 10.2 Å². The van der Waals surface area contributed by atoms with Crippen LogP contribution in [-0.4, -0.2) is 27.2 Å². The Bertz CT molecular complexity index is 745. The lowest BCUT2D eigenvalue weighted by Gasteiger charge is -2.18. The molecule has 1 unspecified atom stereocenters. The molecule has 130 valence electrons. The molecule has 1 saturated carbocycles. The van der Waals surface area contributed by atoms with Gasteiger partial charge in [0.15, 0.2) is 0 Å². The lowest BCUT2D eigenvalue weighted by atomic mass is 9.90. The fourth-order valence-corrected chi connectivity index (χ4v) is 3.14. The third-order valence-electron chi connectivity index (χ3n) is 4.29. The zero-order valence-electron chi connectivity index (χ0n) is 13.6. The Hall–Kier alpha value is -2.96. The number of hydrogen-bond acceptors (Lipinski definition) is 5. The number of anilines is 1. The molecule has 1 heterocycles. The molecule has 0 aliphatic heterocycles. The Balaban J connectivity index is 1.70. The van der Waals surface area contributed by atoms with E-state index in [9.17, 15) is 14.7 Å². The lowest BCUT2D eigenvalue weighted by molar-refractivity contribution is -0.147. The van der Waals surface area contributed by atoms with Crippen molar-refractivity contribution in [3.05, 3.63) is 42.6 Å². The molecule has 1 amide bonds. The van der Waals surface area contributed by atoms with E-state index < -0.39 is 17.8 Å². The number of benzene rings is 1. The minimum atomic E-state index is -1.07. The van der Waals surface area contributed by atoms with Crippen molar-refractivity contribution in [2.75, 3.05) is 5.32 Å². The maximum atomic E-state index is 12.5. The van der Waals surface area contributed by atoms with Gasteiger partial charge in [-0.3, -0.25) is 9.59 Å². The smallest absolute Gasteiger partial charge is 0.316 e. The van der Waals surface area contributed by atoms with Gasteiger partial charge in [-0.1, -0.05) is 18.9 Å². The summed E-state index contributed by atoms with van der Waals surface area (Å²) in [6, 6.07) is 10.1. The zero-order valence-corrected chi connectivity index (χ0v) is 13.6. The molecular weight excluding hydrogens is 322 g/mol. The third-order valence-corrected chi connectivity index (χ3v) is 4.29. The quantitative estimate of drug-likeness (QED) is 0.783. The van der Waals surface area contributed by atoms with Crippen LogP contribution in [0.2, 0.25) is 0 Å². The summed E-state index contributed by atoms with van der Waals surface area (Å²) in [6.07, 6.45) is 5.05. The third kappa shape index (κ3) is 4.32. The van der Waals surface area contributed by atoms with Crippen LogP contribution in [0.25, 0.3) is 0 Å². The number of hydrogen-bond donors (Lipinski definition) is 2. The maximum Gasteiger partial charge on any atom is 0.316 e. The first-order chi connectivity index (χ1) is 12.1. The van der Waals surface area contributed by atoms with Gasteiger partial charge in [0.25, 0.3) is 0 Å². The van der Waals surface area contributed by atoms with E-state index in [-0.39, 0.29) is 5.92 Å². The molecule has 1 fully saturated rings. The normalized spacial score (nSPS) is 15.5. The van der Waals surface area contributed by atoms with Gasteiger partial charge in [0.05, 0.1) is 0 Å². The van der Waals surface area contributed by atoms with Gasteiger partial charge in [-0.15, -0.1) is 5.10 Å². The summed E-state index contributed by atoms with van der Waals surface area (Å²) in [4.78, 5) is 24.0. The number of nitrogens with one attached hydrogen (secondary N) is 1. The largest absolute Gasteiger partial charge is 0.481 e. The van der Waals surface area contributed by atoms with E-state index in [1.54, 1.807) is 42.6 Å². The van der Waals surface area contributed by atoms with E-state index in [0.29, 0.717) is 17.3 Å². The Labute approximate surface area is 145 Å². The standard InChI is InChI=1S/C18H19N3O4/c22-17(16(18(23)24)12-5-1-2-6-12)20-13-7-3-8-14(11-13)25-15-9-4-10-19-21-15/h3-4,7-12,16H,1-2,5-6H2,(H,20,22)(H,23,24). The van der Waals surface area contributed by atoms with Gasteiger partial charge in [-0.05, 0) is 37.0 Å². The van der Waals surface area contributed by atoms with Crippen molar-refractivity contribution < 1.29 is 19.4 Å². The minimum absolute atomic E-state index is 0.100. The molecule has 2 N–H and O–H groups in total. The minimum Gasteiger partial charge on any atom is -0.481 e. The predicted octanol–water partition coefficient (Wildman–Crippen LogP) is 3.10. The number of aliphatic carboxylic acids is 1. The molecule has 0 bridgehead atoms. The predicted molar refractivity (Wildman–Crippen MR) is 90.3 cm³/mol. The van der Waals surface area contributed by atoms with Gasteiger partial charge in [-0.25, -0.2) is 0 Å². The Morgan fingerprint density at radius 1 is 1.20 bits per heavy atom. The molecule has 1 aliphatic rings. The number of carboxylic acids is 1. The molecule has 7 heteroatoms. The van der Waals surface area contributed by atoms with Crippen LogP contribution in [-0.2, 0) is 9.59 Å². The number of carbonyl (C=O) groups excluding carboxylic acids is 1. The average Bonchev–Trinajstić information content (AvgIpc) is 3.10. The summed E-state index contributed by atoms with van der Waals surface area (Å²) >= 11 is 0. The second kappa shape index (κ2) is 7.74. The number of ether oxygens (including phenoxy) is 1. The van der Waals surface area contributed by atoms with Crippen molar-refractivity contribution >= 4 is 17.6 Å². The van der Waals surface area contributed by atoms with Gasteiger partial charge >= 0.3 is 5.97 Å². The number of rotatable bonds is 6.